The molecule has 1 N–H and O–H groups in total. The Morgan fingerprint density at radius 3 is 2.31 bits per heavy atom. The van der Waals surface area contributed by atoms with Crippen LogP contribution in [-0.2, 0) is 26.2 Å². The van der Waals surface area contributed by atoms with E-state index in [1.54, 1.807) is 23.1 Å². The molecule has 0 aliphatic heterocycles. The molecular weight excluding hydrogens is 557 g/mol. The standard InChI is InChI=1S/C29H39Cl2N3O4S/c1-5-26(29(36)32-22-10-6-7-11-22)33(19-23-24(30)12-8-13-25(23)31)28(35)14-9-17-34(39(4,37)38)27-18-20(2)15-16-21(27)3/h8,12-13,15-16,18,22,26H,5-7,9-11,14,17,19H2,1-4H3,(H,32,36). The van der Waals surface area contributed by atoms with Crippen LogP contribution in [0, 0.1) is 13.8 Å². The summed E-state index contributed by atoms with van der Waals surface area (Å²) in [5.41, 5.74) is 2.96. The van der Waals surface area contributed by atoms with Crippen LogP contribution in [-0.4, -0.2) is 50.0 Å². The second-order valence-electron chi connectivity index (χ2n) is 10.4. The molecule has 3 rings (SSSR count). The van der Waals surface area contributed by atoms with Crippen LogP contribution in [0.1, 0.15) is 68.6 Å². The fraction of sp³-hybridized carbons (Fsp3) is 0.517. The predicted octanol–water partition coefficient (Wildman–Crippen LogP) is 6.02. The minimum absolute atomic E-state index is 0.0617. The first-order valence-corrected chi connectivity index (χ1v) is 16.1. The maximum absolute atomic E-state index is 13.7. The Kier molecular flexibility index (Phi) is 11.1. The summed E-state index contributed by atoms with van der Waals surface area (Å²) < 4.78 is 26.7. The highest BCUT2D eigenvalue weighted by molar-refractivity contribution is 7.92. The van der Waals surface area contributed by atoms with Crippen LogP contribution in [0.4, 0.5) is 5.69 Å². The molecule has 1 unspecified atom stereocenters. The van der Waals surface area contributed by atoms with E-state index >= 15 is 0 Å². The molecule has 1 saturated carbocycles. The number of hydrogen-bond donors (Lipinski definition) is 1. The average Bonchev–Trinajstić information content (AvgIpc) is 3.37. The molecule has 2 aromatic carbocycles. The van der Waals surface area contributed by atoms with Gasteiger partial charge in [0.05, 0.1) is 11.9 Å². The molecule has 0 bridgehead atoms. The normalized spacial score (nSPS) is 14.7. The third-order valence-corrected chi connectivity index (χ3v) is 9.15. The van der Waals surface area contributed by atoms with E-state index in [1.807, 2.05) is 39.0 Å². The number of sulfonamides is 1. The second kappa shape index (κ2) is 13.9. The van der Waals surface area contributed by atoms with Crippen LogP contribution in [0.3, 0.4) is 0 Å². The van der Waals surface area contributed by atoms with Crippen molar-refractivity contribution in [2.45, 2.75) is 84.3 Å². The van der Waals surface area contributed by atoms with Gasteiger partial charge in [0.15, 0.2) is 0 Å². The molecule has 1 fully saturated rings. The summed E-state index contributed by atoms with van der Waals surface area (Å²) in [6.45, 7) is 5.87. The zero-order valence-corrected chi connectivity index (χ0v) is 25.5. The minimum Gasteiger partial charge on any atom is -0.352 e. The van der Waals surface area contributed by atoms with E-state index < -0.39 is 16.1 Å². The average molecular weight is 597 g/mol. The summed E-state index contributed by atoms with van der Waals surface area (Å²) in [5, 5.41) is 3.96. The van der Waals surface area contributed by atoms with E-state index in [9.17, 15) is 18.0 Å². The SMILES string of the molecule is CCC(C(=O)NC1CCCC1)N(Cc1c(Cl)cccc1Cl)C(=O)CCCN(c1cc(C)ccc1C)S(C)(=O)=O. The maximum Gasteiger partial charge on any atom is 0.243 e. The number of halogens is 2. The van der Waals surface area contributed by atoms with Gasteiger partial charge in [-0.05, 0) is 68.9 Å². The van der Waals surface area contributed by atoms with Gasteiger partial charge in [-0.2, -0.15) is 0 Å². The van der Waals surface area contributed by atoms with Crippen LogP contribution in [0.5, 0.6) is 0 Å². The minimum atomic E-state index is -3.57. The number of anilines is 1. The number of benzene rings is 2. The molecule has 0 aromatic heterocycles. The lowest BCUT2D eigenvalue weighted by atomic mass is 10.1. The van der Waals surface area contributed by atoms with Gasteiger partial charge in [0.25, 0.3) is 0 Å². The van der Waals surface area contributed by atoms with Crippen LogP contribution >= 0.6 is 23.2 Å². The van der Waals surface area contributed by atoms with Gasteiger partial charge in [-0.3, -0.25) is 13.9 Å². The Morgan fingerprint density at radius 2 is 1.72 bits per heavy atom. The van der Waals surface area contributed by atoms with Crippen molar-refractivity contribution < 1.29 is 18.0 Å². The van der Waals surface area contributed by atoms with Gasteiger partial charge in [-0.15, -0.1) is 0 Å². The molecule has 1 aliphatic carbocycles. The van der Waals surface area contributed by atoms with Crippen molar-refractivity contribution in [3.8, 4) is 0 Å². The van der Waals surface area contributed by atoms with E-state index in [1.165, 1.54) is 10.6 Å². The number of nitrogens with one attached hydrogen (secondary N) is 1. The Morgan fingerprint density at radius 1 is 1.08 bits per heavy atom. The van der Waals surface area contributed by atoms with Crippen LogP contribution in [0.15, 0.2) is 36.4 Å². The zero-order valence-electron chi connectivity index (χ0n) is 23.2. The van der Waals surface area contributed by atoms with Gasteiger partial charge >= 0.3 is 0 Å². The Hall–Kier alpha value is -2.29. The van der Waals surface area contributed by atoms with E-state index in [2.05, 4.69) is 5.32 Å². The quantitative estimate of drug-likeness (QED) is 0.325. The molecule has 1 aliphatic rings. The van der Waals surface area contributed by atoms with Crippen molar-refractivity contribution in [3.05, 3.63) is 63.1 Å². The number of carbonyl (C=O) groups excluding carboxylic acids is 2. The van der Waals surface area contributed by atoms with Gasteiger partial charge in [0, 0.05) is 41.2 Å². The lowest BCUT2D eigenvalue weighted by molar-refractivity contribution is -0.141. The summed E-state index contributed by atoms with van der Waals surface area (Å²) in [6.07, 6.45) is 5.97. The van der Waals surface area contributed by atoms with Crippen molar-refractivity contribution in [2.75, 3.05) is 17.1 Å². The van der Waals surface area contributed by atoms with E-state index in [0.717, 1.165) is 36.8 Å². The van der Waals surface area contributed by atoms with Crippen molar-refractivity contribution in [1.82, 2.24) is 10.2 Å². The number of hydrogen-bond acceptors (Lipinski definition) is 4. The fourth-order valence-corrected chi connectivity index (χ4v) is 6.64. The van der Waals surface area contributed by atoms with Gasteiger partial charge in [-0.25, -0.2) is 8.42 Å². The third-order valence-electron chi connectivity index (χ3n) is 7.26. The second-order valence-corrected chi connectivity index (χ2v) is 13.1. The van der Waals surface area contributed by atoms with E-state index in [4.69, 9.17) is 23.2 Å². The highest BCUT2D eigenvalue weighted by Gasteiger charge is 2.31. The van der Waals surface area contributed by atoms with Gasteiger partial charge in [-0.1, -0.05) is 61.2 Å². The van der Waals surface area contributed by atoms with Gasteiger partial charge in [0.1, 0.15) is 6.04 Å². The Balaban J connectivity index is 1.82. The lowest BCUT2D eigenvalue weighted by Crippen LogP contribution is -2.51. The predicted molar refractivity (Wildman–Crippen MR) is 159 cm³/mol. The highest BCUT2D eigenvalue weighted by atomic mass is 35.5. The van der Waals surface area contributed by atoms with Gasteiger partial charge < -0.3 is 10.2 Å². The summed E-state index contributed by atoms with van der Waals surface area (Å²) in [5.74, 6) is -0.442. The summed E-state index contributed by atoms with van der Waals surface area (Å²) >= 11 is 12.9. The summed E-state index contributed by atoms with van der Waals surface area (Å²) in [6, 6.07) is 10.2. The lowest BCUT2D eigenvalue weighted by Gasteiger charge is -2.32. The first-order valence-electron chi connectivity index (χ1n) is 13.5. The number of rotatable bonds is 12. The molecule has 0 saturated heterocycles. The van der Waals surface area contributed by atoms with Crippen LogP contribution in [0.25, 0.3) is 0 Å². The first kappa shape index (κ1) is 31.2. The Bertz CT molecular complexity index is 1260. The van der Waals surface area contributed by atoms with E-state index in [0.29, 0.717) is 27.7 Å². The molecule has 0 spiro atoms. The van der Waals surface area contributed by atoms with Crippen molar-refractivity contribution in [2.24, 2.45) is 0 Å². The molecular formula is C29H39Cl2N3O4S. The monoisotopic (exact) mass is 595 g/mol. The fourth-order valence-electron chi connectivity index (χ4n) is 5.11. The number of nitrogens with zero attached hydrogens (tertiary/aromatic N) is 2. The number of aryl methyl sites for hydroxylation is 2. The summed E-state index contributed by atoms with van der Waals surface area (Å²) in [7, 11) is -3.57. The number of carbonyl (C=O) groups is 2. The molecule has 10 heteroatoms. The smallest absolute Gasteiger partial charge is 0.243 e. The first-order chi connectivity index (χ1) is 18.4. The van der Waals surface area contributed by atoms with E-state index in [-0.39, 0.29) is 43.8 Å². The molecule has 7 nitrogen and oxygen atoms in total. The molecule has 1 atom stereocenters. The molecule has 214 valence electrons. The molecule has 0 heterocycles. The molecule has 2 aromatic rings. The maximum atomic E-state index is 13.7. The molecule has 0 radical (unpaired) electrons. The highest BCUT2D eigenvalue weighted by Crippen LogP contribution is 2.28. The molecule has 2 amide bonds. The topological polar surface area (TPSA) is 86.8 Å². The van der Waals surface area contributed by atoms with Crippen molar-refractivity contribution >= 4 is 50.7 Å². The molecule has 39 heavy (non-hydrogen) atoms. The van der Waals surface area contributed by atoms with Crippen molar-refractivity contribution in [3.63, 3.8) is 0 Å². The van der Waals surface area contributed by atoms with Gasteiger partial charge in [0.2, 0.25) is 21.8 Å². The zero-order chi connectivity index (χ0) is 28.7. The number of amides is 2. The van der Waals surface area contributed by atoms with Crippen LogP contribution < -0.4 is 9.62 Å². The summed E-state index contributed by atoms with van der Waals surface area (Å²) in [4.78, 5) is 28.6. The third kappa shape index (κ3) is 8.35. The largest absolute Gasteiger partial charge is 0.352 e. The Labute approximate surface area is 242 Å². The van der Waals surface area contributed by atoms with Crippen molar-refractivity contribution in [1.29, 1.82) is 0 Å². The van der Waals surface area contributed by atoms with Crippen LogP contribution in [0.2, 0.25) is 10.0 Å².